The lowest BCUT2D eigenvalue weighted by molar-refractivity contribution is -0.121. The second kappa shape index (κ2) is 10.3. The van der Waals surface area contributed by atoms with Crippen LogP contribution in [0.15, 0.2) is 72.1 Å². The van der Waals surface area contributed by atoms with Gasteiger partial charge in [-0.25, -0.2) is 4.98 Å². The molecular weight excluding hydrogens is 472 g/mol. The molecule has 36 heavy (non-hydrogen) atoms. The number of rotatable bonds is 5. The summed E-state index contributed by atoms with van der Waals surface area (Å²) in [4.78, 5) is 43.7. The predicted molar refractivity (Wildman–Crippen MR) is 143 cm³/mol. The summed E-state index contributed by atoms with van der Waals surface area (Å²) in [6.45, 7) is 2.56. The maximum Gasteiger partial charge on any atom is 0.254 e. The van der Waals surface area contributed by atoms with Crippen LogP contribution in [0.3, 0.4) is 0 Å². The number of aromatic nitrogens is 1. The van der Waals surface area contributed by atoms with Crippen molar-refractivity contribution in [3.8, 4) is 11.3 Å². The molecule has 3 amide bonds. The van der Waals surface area contributed by atoms with Crippen LogP contribution in [0.25, 0.3) is 22.0 Å². The normalized spacial score (nSPS) is 14.0. The van der Waals surface area contributed by atoms with Crippen LogP contribution < -0.4 is 10.6 Å². The number of hydrogen-bond donors (Lipinski definition) is 2. The molecule has 0 aliphatic carbocycles. The van der Waals surface area contributed by atoms with Crippen LogP contribution in [0.2, 0.25) is 0 Å². The summed E-state index contributed by atoms with van der Waals surface area (Å²) < 4.78 is 0. The highest BCUT2D eigenvalue weighted by Gasteiger charge is 2.29. The van der Waals surface area contributed by atoms with E-state index in [0.717, 1.165) is 27.7 Å². The van der Waals surface area contributed by atoms with Crippen molar-refractivity contribution in [3.63, 3.8) is 0 Å². The van der Waals surface area contributed by atoms with Gasteiger partial charge in [-0.2, -0.15) is 0 Å². The molecule has 3 aromatic carbocycles. The number of benzene rings is 3. The second-order valence-electron chi connectivity index (χ2n) is 8.88. The Morgan fingerprint density at radius 1 is 0.917 bits per heavy atom. The Balaban J connectivity index is 1.18. The maximum atomic E-state index is 13.2. The smallest absolute Gasteiger partial charge is 0.254 e. The Hall–Kier alpha value is -4.04. The standard InChI is InChI=1S/C28H26N4O3S/c1-18(33)29-22-11-9-20(10-12-22)25-17-36-28(30-25)31-26(34)21-13-15-32(16-14-21)27(35)24-8-4-6-19-5-2-3-7-23(19)24/h2-12,17,21H,13-16H2,1H3,(H,29,33)(H,30,31,34). The number of carbonyl (C=O) groups excluding carboxylic acids is 3. The summed E-state index contributed by atoms with van der Waals surface area (Å²) >= 11 is 1.38. The molecule has 4 aromatic rings. The van der Waals surface area contributed by atoms with E-state index in [-0.39, 0.29) is 23.6 Å². The van der Waals surface area contributed by atoms with Crippen LogP contribution in [0.5, 0.6) is 0 Å². The Bertz CT molecular complexity index is 1420. The average molecular weight is 499 g/mol. The Morgan fingerprint density at radius 2 is 1.64 bits per heavy atom. The molecule has 5 rings (SSSR count). The van der Waals surface area contributed by atoms with E-state index in [1.165, 1.54) is 18.3 Å². The van der Waals surface area contributed by atoms with Gasteiger partial charge in [0.05, 0.1) is 5.69 Å². The van der Waals surface area contributed by atoms with Crippen molar-refractivity contribution in [2.24, 2.45) is 5.92 Å². The van der Waals surface area contributed by atoms with E-state index in [0.29, 0.717) is 36.6 Å². The number of likely N-dealkylation sites (tertiary alicyclic amines) is 1. The molecule has 8 heteroatoms. The molecule has 1 aromatic heterocycles. The van der Waals surface area contributed by atoms with Crippen molar-refractivity contribution < 1.29 is 14.4 Å². The second-order valence-corrected chi connectivity index (χ2v) is 9.74. The minimum atomic E-state index is -0.161. The van der Waals surface area contributed by atoms with E-state index < -0.39 is 0 Å². The van der Waals surface area contributed by atoms with Crippen molar-refractivity contribution in [3.05, 3.63) is 77.7 Å². The fraction of sp³-hybridized carbons (Fsp3) is 0.214. The van der Waals surface area contributed by atoms with Gasteiger partial charge in [0.1, 0.15) is 0 Å². The summed E-state index contributed by atoms with van der Waals surface area (Å²) in [7, 11) is 0. The molecule has 1 saturated heterocycles. The zero-order valence-corrected chi connectivity index (χ0v) is 20.7. The molecule has 0 atom stereocenters. The van der Waals surface area contributed by atoms with Gasteiger partial charge in [0.25, 0.3) is 5.91 Å². The lowest BCUT2D eigenvalue weighted by atomic mass is 9.95. The van der Waals surface area contributed by atoms with E-state index in [9.17, 15) is 14.4 Å². The quantitative estimate of drug-likeness (QED) is 0.385. The molecule has 182 valence electrons. The third-order valence-corrected chi connectivity index (χ3v) is 7.17. The number of hydrogen-bond acceptors (Lipinski definition) is 5. The van der Waals surface area contributed by atoms with Gasteiger partial charge >= 0.3 is 0 Å². The molecular formula is C28H26N4O3S. The number of piperidine rings is 1. The van der Waals surface area contributed by atoms with Gasteiger partial charge < -0.3 is 15.5 Å². The number of anilines is 2. The Labute approximate surface area is 213 Å². The lowest BCUT2D eigenvalue weighted by Gasteiger charge is -2.31. The minimum absolute atomic E-state index is 0.0137. The average Bonchev–Trinajstić information content (AvgIpc) is 3.36. The summed E-state index contributed by atoms with van der Waals surface area (Å²) in [5, 5.41) is 10.1. The van der Waals surface area contributed by atoms with Crippen molar-refractivity contribution in [2.45, 2.75) is 19.8 Å². The van der Waals surface area contributed by atoms with Crippen LogP contribution in [-0.4, -0.2) is 40.7 Å². The monoisotopic (exact) mass is 498 g/mol. The first kappa shape index (κ1) is 23.7. The van der Waals surface area contributed by atoms with E-state index in [4.69, 9.17) is 0 Å². The van der Waals surface area contributed by atoms with Crippen LogP contribution in [0.4, 0.5) is 10.8 Å². The molecule has 0 saturated carbocycles. The molecule has 1 aliphatic rings. The van der Waals surface area contributed by atoms with Crippen LogP contribution in [0, 0.1) is 5.92 Å². The maximum absolute atomic E-state index is 13.2. The van der Waals surface area contributed by atoms with Gasteiger partial charge in [-0.05, 0) is 41.8 Å². The molecule has 0 unspecified atom stereocenters. The summed E-state index contributed by atoms with van der Waals surface area (Å²) in [6.07, 6.45) is 1.23. The Morgan fingerprint density at radius 3 is 2.39 bits per heavy atom. The number of amides is 3. The molecule has 2 N–H and O–H groups in total. The number of fused-ring (bicyclic) bond motifs is 1. The highest BCUT2D eigenvalue weighted by atomic mass is 32.1. The van der Waals surface area contributed by atoms with Crippen molar-refractivity contribution >= 4 is 50.6 Å². The number of carbonyl (C=O) groups is 3. The first-order valence-electron chi connectivity index (χ1n) is 11.9. The molecule has 0 spiro atoms. The van der Waals surface area contributed by atoms with E-state index in [1.807, 2.05) is 77.0 Å². The van der Waals surface area contributed by atoms with Gasteiger partial charge in [-0.3, -0.25) is 14.4 Å². The summed E-state index contributed by atoms with van der Waals surface area (Å²) in [5.74, 6) is -0.329. The number of nitrogens with one attached hydrogen (secondary N) is 2. The zero-order valence-electron chi connectivity index (χ0n) is 19.9. The van der Waals surface area contributed by atoms with Crippen LogP contribution in [0.1, 0.15) is 30.1 Å². The van der Waals surface area contributed by atoms with Crippen LogP contribution >= 0.6 is 11.3 Å². The molecule has 7 nitrogen and oxygen atoms in total. The van der Waals surface area contributed by atoms with Gasteiger partial charge in [0.2, 0.25) is 11.8 Å². The lowest BCUT2D eigenvalue weighted by Crippen LogP contribution is -2.41. The summed E-state index contributed by atoms with van der Waals surface area (Å²) in [6, 6.07) is 21.1. The molecule has 0 radical (unpaired) electrons. The third-order valence-electron chi connectivity index (χ3n) is 6.41. The highest BCUT2D eigenvalue weighted by Crippen LogP contribution is 2.28. The Kier molecular flexibility index (Phi) is 6.77. The third kappa shape index (κ3) is 5.13. The largest absolute Gasteiger partial charge is 0.339 e. The van der Waals surface area contributed by atoms with Gasteiger partial charge in [-0.15, -0.1) is 11.3 Å². The zero-order chi connectivity index (χ0) is 25.1. The fourth-order valence-electron chi connectivity index (χ4n) is 4.53. The molecule has 2 heterocycles. The summed E-state index contributed by atoms with van der Waals surface area (Å²) in [5.41, 5.74) is 3.10. The van der Waals surface area contributed by atoms with E-state index >= 15 is 0 Å². The fourth-order valence-corrected chi connectivity index (χ4v) is 5.25. The highest BCUT2D eigenvalue weighted by molar-refractivity contribution is 7.14. The van der Waals surface area contributed by atoms with Crippen molar-refractivity contribution in [1.29, 1.82) is 0 Å². The first-order valence-corrected chi connectivity index (χ1v) is 12.8. The first-order chi connectivity index (χ1) is 17.5. The molecule has 0 bridgehead atoms. The van der Waals surface area contributed by atoms with Crippen molar-refractivity contribution in [1.82, 2.24) is 9.88 Å². The van der Waals surface area contributed by atoms with E-state index in [2.05, 4.69) is 15.6 Å². The van der Waals surface area contributed by atoms with Gasteiger partial charge in [-0.1, -0.05) is 48.5 Å². The predicted octanol–water partition coefficient (Wildman–Crippen LogP) is 5.41. The minimum Gasteiger partial charge on any atom is -0.339 e. The van der Waals surface area contributed by atoms with E-state index in [1.54, 1.807) is 0 Å². The number of thiazole rings is 1. The SMILES string of the molecule is CC(=O)Nc1ccc(-c2csc(NC(=O)C3CCN(C(=O)c4cccc5ccccc45)CC3)n2)cc1. The molecule has 1 fully saturated rings. The number of nitrogens with zero attached hydrogens (tertiary/aromatic N) is 2. The van der Waals surface area contributed by atoms with Gasteiger partial charge in [0.15, 0.2) is 5.13 Å². The topological polar surface area (TPSA) is 91.4 Å². The molecule has 1 aliphatic heterocycles. The van der Waals surface area contributed by atoms with Gasteiger partial charge in [0, 0.05) is 48.1 Å². The van der Waals surface area contributed by atoms with Crippen LogP contribution in [-0.2, 0) is 9.59 Å². The van der Waals surface area contributed by atoms with Crippen molar-refractivity contribution in [2.75, 3.05) is 23.7 Å².